The smallest absolute Gasteiger partial charge is 0.262 e. The summed E-state index contributed by atoms with van der Waals surface area (Å²) in [5, 5.41) is 2.80. The molecule has 0 radical (unpaired) electrons. The molecule has 2 aromatic carbocycles. The minimum absolute atomic E-state index is 0.146. The lowest BCUT2D eigenvalue weighted by molar-refractivity contribution is -0.118. The van der Waals surface area contributed by atoms with Gasteiger partial charge < -0.3 is 10.1 Å². The Kier molecular flexibility index (Phi) is 6.70. The first-order valence-corrected chi connectivity index (χ1v) is 11.0. The van der Waals surface area contributed by atoms with E-state index in [4.69, 9.17) is 4.74 Å². The van der Waals surface area contributed by atoms with E-state index >= 15 is 0 Å². The molecule has 0 saturated carbocycles. The number of sulfonamides is 1. The highest BCUT2D eigenvalue weighted by Gasteiger charge is 2.25. The van der Waals surface area contributed by atoms with E-state index in [1.165, 1.54) is 12.1 Å². The second-order valence-corrected chi connectivity index (χ2v) is 8.88. The summed E-state index contributed by atoms with van der Waals surface area (Å²) < 4.78 is 32.6. The number of anilines is 1. The fourth-order valence-corrected chi connectivity index (χ4v) is 4.70. The monoisotopic (exact) mass is 402 g/mol. The van der Waals surface area contributed by atoms with Crippen molar-refractivity contribution in [2.24, 2.45) is 0 Å². The Morgan fingerprint density at radius 1 is 1.00 bits per heavy atom. The van der Waals surface area contributed by atoms with Crippen molar-refractivity contribution in [3.8, 4) is 5.75 Å². The molecule has 1 fully saturated rings. The Balaban J connectivity index is 1.58. The number of nitrogens with zero attached hydrogens (tertiary/aromatic N) is 1. The van der Waals surface area contributed by atoms with E-state index in [9.17, 15) is 13.2 Å². The van der Waals surface area contributed by atoms with Crippen molar-refractivity contribution in [3.63, 3.8) is 0 Å². The number of ether oxygens (including phenoxy) is 1. The van der Waals surface area contributed by atoms with Gasteiger partial charge in [0.05, 0.1) is 4.90 Å². The second kappa shape index (κ2) is 9.21. The lowest BCUT2D eigenvalue weighted by Gasteiger charge is -2.20. The number of hydrogen-bond donors (Lipinski definition) is 1. The maximum absolute atomic E-state index is 12.8. The maximum Gasteiger partial charge on any atom is 0.262 e. The summed E-state index contributed by atoms with van der Waals surface area (Å²) in [4.78, 5) is 12.3. The van der Waals surface area contributed by atoms with Gasteiger partial charge in [-0.3, -0.25) is 4.79 Å². The quantitative estimate of drug-likeness (QED) is 0.801. The minimum atomic E-state index is -3.48. The average Bonchev–Trinajstić information content (AvgIpc) is 2.99. The maximum atomic E-state index is 12.8. The Labute approximate surface area is 166 Å². The van der Waals surface area contributed by atoms with Crippen molar-refractivity contribution in [2.45, 2.75) is 37.5 Å². The van der Waals surface area contributed by atoms with Gasteiger partial charge in [-0.2, -0.15) is 4.31 Å². The fraction of sp³-hybridized carbons (Fsp3) is 0.381. The van der Waals surface area contributed by atoms with Gasteiger partial charge >= 0.3 is 0 Å². The molecule has 3 rings (SSSR count). The van der Waals surface area contributed by atoms with E-state index in [1.807, 2.05) is 31.2 Å². The topological polar surface area (TPSA) is 75.7 Å². The van der Waals surface area contributed by atoms with Crippen LogP contribution in [0.2, 0.25) is 0 Å². The predicted molar refractivity (Wildman–Crippen MR) is 109 cm³/mol. The van der Waals surface area contributed by atoms with Gasteiger partial charge in [0.25, 0.3) is 5.91 Å². The van der Waals surface area contributed by atoms with Crippen molar-refractivity contribution >= 4 is 21.6 Å². The zero-order valence-corrected chi connectivity index (χ0v) is 16.9. The highest BCUT2D eigenvalue weighted by Crippen LogP contribution is 2.22. The standard InChI is InChI=1S/C21H26N2O4S/c1-17-8-4-5-9-20(17)22-21(24)16-27-18-10-12-19(13-11-18)28(25,26)23-14-6-2-3-7-15-23/h4-5,8-13H,2-3,6-7,14-16H2,1H3,(H,22,24). The molecule has 1 heterocycles. The van der Waals surface area contributed by atoms with Gasteiger partial charge in [-0.05, 0) is 55.7 Å². The molecule has 0 atom stereocenters. The van der Waals surface area contributed by atoms with Crippen molar-refractivity contribution < 1.29 is 17.9 Å². The van der Waals surface area contributed by atoms with Crippen molar-refractivity contribution in [3.05, 3.63) is 54.1 Å². The number of rotatable bonds is 6. The zero-order chi connectivity index (χ0) is 20.0. The number of nitrogens with one attached hydrogen (secondary N) is 1. The Morgan fingerprint density at radius 2 is 1.64 bits per heavy atom. The molecule has 1 aliphatic rings. The van der Waals surface area contributed by atoms with Crippen LogP contribution >= 0.6 is 0 Å². The first kappa shape index (κ1) is 20.4. The Hall–Kier alpha value is -2.38. The third kappa shape index (κ3) is 5.11. The summed E-state index contributed by atoms with van der Waals surface area (Å²) in [6.45, 7) is 2.91. The molecule has 1 aliphatic heterocycles. The second-order valence-electron chi connectivity index (χ2n) is 6.94. The van der Waals surface area contributed by atoms with E-state index in [0.717, 1.165) is 36.9 Å². The van der Waals surface area contributed by atoms with E-state index in [-0.39, 0.29) is 17.4 Å². The van der Waals surface area contributed by atoms with Crippen LogP contribution in [0.25, 0.3) is 0 Å². The number of carbonyl (C=O) groups is 1. The van der Waals surface area contributed by atoms with Gasteiger partial charge in [0.15, 0.2) is 6.61 Å². The largest absolute Gasteiger partial charge is 0.484 e. The molecule has 1 N–H and O–H groups in total. The first-order valence-electron chi connectivity index (χ1n) is 9.55. The molecular formula is C21H26N2O4S. The van der Waals surface area contributed by atoms with Crippen LogP contribution < -0.4 is 10.1 Å². The van der Waals surface area contributed by atoms with Gasteiger partial charge in [-0.25, -0.2) is 8.42 Å². The molecule has 1 amide bonds. The summed E-state index contributed by atoms with van der Waals surface area (Å²) in [5.74, 6) is 0.185. The van der Waals surface area contributed by atoms with E-state index < -0.39 is 10.0 Å². The molecular weight excluding hydrogens is 376 g/mol. The number of benzene rings is 2. The van der Waals surface area contributed by atoms with Crippen LogP contribution in [0.1, 0.15) is 31.2 Å². The molecule has 0 unspecified atom stereocenters. The third-order valence-corrected chi connectivity index (χ3v) is 6.73. The lowest BCUT2D eigenvalue weighted by atomic mass is 10.2. The number of aryl methyl sites for hydroxylation is 1. The summed E-state index contributed by atoms with van der Waals surface area (Å²) in [6.07, 6.45) is 3.94. The molecule has 0 aliphatic carbocycles. The third-order valence-electron chi connectivity index (χ3n) is 4.82. The average molecular weight is 403 g/mol. The Morgan fingerprint density at radius 3 is 2.29 bits per heavy atom. The van der Waals surface area contributed by atoms with Crippen molar-refractivity contribution in [2.75, 3.05) is 25.0 Å². The van der Waals surface area contributed by atoms with E-state index in [1.54, 1.807) is 16.4 Å². The van der Waals surface area contributed by atoms with Crippen LogP contribution in [-0.2, 0) is 14.8 Å². The van der Waals surface area contributed by atoms with Crippen molar-refractivity contribution in [1.82, 2.24) is 4.31 Å². The summed E-state index contributed by atoms with van der Waals surface area (Å²) in [6, 6.07) is 13.8. The van der Waals surface area contributed by atoms with Gasteiger partial charge in [0.2, 0.25) is 10.0 Å². The molecule has 2 aromatic rings. The summed E-state index contributed by atoms with van der Waals surface area (Å²) in [7, 11) is -3.48. The summed E-state index contributed by atoms with van der Waals surface area (Å²) >= 11 is 0. The van der Waals surface area contributed by atoms with Crippen LogP contribution in [0.5, 0.6) is 5.75 Å². The lowest BCUT2D eigenvalue weighted by Crippen LogP contribution is -2.31. The molecule has 6 nitrogen and oxygen atoms in total. The van der Waals surface area contributed by atoms with Crippen molar-refractivity contribution in [1.29, 1.82) is 0 Å². The number of hydrogen-bond acceptors (Lipinski definition) is 4. The zero-order valence-electron chi connectivity index (χ0n) is 16.1. The van der Waals surface area contributed by atoms with E-state index in [0.29, 0.717) is 18.8 Å². The van der Waals surface area contributed by atoms with Gasteiger partial charge in [-0.15, -0.1) is 0 Å². The molecule has 0 bridgehead atoms. The molecule has 7 heteroatoms. The Bertz CT molecular complexity index is 902. The van der Waals surface area contributed by atoms with Gasteiger partial charge in [0.1, 0.15) is 5.75 Å². The predicted octanol–water partition coefficient (Wildman–Crippen LogP) is 3.58. The highest BCUT2D eigenvalue weighted by molar-refractivity contribution is 7.89. The van der Waals surface area contributed by atoms with Crippen LogP contribution in [0.4, 0.5) is 5.69 Å². The van der Waals surface area contributed by atoms with Crippen LogP contribution in [0.15, 0.2) is 53.4 Å². The molecule has 28 heavy (non-hydrogen) atoms. The SMILES string of the molecule is Cc1ccccc1NC(=O)COc1ccc(S(=O)(=O)N2CCCCCC2)cc1. The molecule has 0 aromatic heterocycles. The molecule has 1 saturated heterocycles. The number of para-hydroxylation sites is 1. The fourth-order valence-electron chi connectivity index (χ4n) is 3.19. The number of amides is 1. The van der Waals surface area contributed by atoms with Gasteiger partial charge in [-0.1, -0.05) is 31.0 Å². The van der Waals surface area contributed by atoms with Crippen LogP contribution in [-0.4, -0.2) is 38.3 Å². The first-order chi connectivity index (χ1) is 13.5. The van der Waals surface area contributed by atoms with Gasteiger partial charge in [0, 0.05) is 18.8 Å². The highest BCUT2D eigenvalue weighted by atomic mass is 32.2. The molecule has 150 valence electrons. The van der Waals surface area contributed by atoms with E-state index in [2.05, 4.69) is 5.32 Å². The molecule has 0 spiro atoms. The van der Waals surface area contributed by atoms with Crippen LogP contribution in [0.3, 0.4) is 0 Å². The summed E-state index contributed by atoms with van der Waals surface area (Å²) in [5.41, 5.74) is 1.72. The normalized spacial score (nSPS) is 15.6. The van der Waals surface area contributed by atoms with Crippen LogP contribution in [0, 0.1) is 6.92 Å². The minimum Gasteiger partial charge on any atom is -0.484 e. The number of carbonyl (C=O) groups excluding carboxylic acids is 1.